The molecular weight excluding hydrogens is 388 g/mol. The lowest BCUT2D eigenvalue weighted by Crippen LogP contribution is -2.11. The van der Waals surface area contributed by atoms with Gasteiger partial charge in [-0.3, -0.25) is 0 Å². The summed E-state index contributed by atoms with van der Waals surface area (Å²) in [6.07, 6.45) is 0.741. The van der Waals surface area contributed by atoms with E-state index >= 15 is 0 Å². The van der Waals surface area contributed by atoms with Crippen LogP contribution in [0.5, 0.6) is 0 Å². The van der Waals surface area contributed by atoms with E-state index in [9.17, 15) is 13.2 Å². The third-order valence-corrected chi connectivity index (χ3v) is 6.95. The van der Waals surface area contributed by atoms with Crippen LogP contribution in [0.2, 0.25) is 5.02 Å². The van der Waals surface area contributed by atoms with E-state index in [-0.39, 0.29) is 10.8 Å². The molecule has 0 spiro atoms. The molecule has 2 aromatic carbocycles. The van der Waals surface area contributed by atoms with E-state index in [1.165, 1.54) is 12.1 Å². The summed E-state index contributed by atoms with van der Waals surface area (Å²) in [5, 5.41) is -0.224. The van der Waals surface area contributed by atoms with Crippen LogP contribution in [0.25, 0.3) is 0 Å². The van der Waals surface area contributed by atoms with Gasteiger partial charge in [-0.1, -0.05) is 39.7 Å². The highest BCUT2D eigenvalue weighted by Crippen LogP contribution is 2.52. The van der Waals surface area contributed by atoms with Crippen molar-refractivity contribution in [1.82, 2.24) is 0 Å². The lowest BCUT2D eigenvalue weighted by Gasteiger charge is -2.04. The van der Waals surface area contributed by atoms with Gasteiger partial charge in [0, 0.05) is 21.3 Å². The first kappa shape index (κ1) is 15.7. The summed E-state index contributed by atoms with van der Waals surface area (Å²) < 4.78 is 26.3. The first-order chi connectivity index (χ1) is 10.4. The molecule has 6 heteroatoms. The minimum Gasteiger partial charge on any atom is -0.303 e. The Morgan fingerprint density at radius 2 is 1.59 bits per heavy atom. The number of benzene rings is 2. The lowest BCUT2D eigenvalue weighted by molar-refractivity contribution is -0.108. The molecule has 0 aromatic heterocycles. The van der Waals surface area contributed by atoms with Gasteiger partial charge in [-0.25, -0.2) is 8.42 Å². The standard InChI is InChI=1S/C16H12BrClO3S/c17-11-3-1-10(2-4-11)15-14(9-19)16(15)22(20,21)13-7-5-12(18)6-8-13/h1-9,14-16H/t14-,15-,16+/m0/s1. The van der Waals surface area contributed by atoms with Gasteiger partial charge in [0.15, 0.2) is 9.84 Å². The maximum atomic E-state index is 12.7. The summed E-state index contributed by atoms with van der Waals surface area (Å²) in [5.41, 5.74) is 0.864. The third-order valence-electron chi connectivity index (χ3n) is 3.92. The largest absolute Gasteiger partial charge is 0.303 e. The Morgan fingerprint density at radius 3 is 2.14 bits per heavy atom. The fraction of sp³-hybridized carbons (Fsp3) is 0.188. The molecule has 0 aliphatic heterocycles. The third kappa shape index (κ3) is 2.73. The topological polar surface area (TPSA) is 51.2 Å². The van der Waals surface area contributed by atoms with Gasteiger partial charge in [-0.15, -0.1) is 0 Å². The molecule has 3 nitrogen and oxygen atoms in total. The number of rotatable bonds is 4. The number of halogens is 2. The zero-order valence-electron chi connectivity index (χ0n) is 11.3. The second-order valence-corrected chi connectivity index (χ2v) is 8.71. The highest BCUT2D eigenvalue weighted by Gasteiger charge is 2.58. The molecule has 22 heavy (non-hydrogen) atoms. The summed E-state index contributed by atoms with van der Waals surface area (Å²) in [4.78, 5) is 11.5. The van der Waals surface area contributed by atoms with Crippen LogP contribution in [0.15, 0.2) is 57.9 Å². The van der Waals surface area contributed by atoms with Crippen LogP contribution in [0.1, 0.15) is 11.5 Å². The average molecular weight is 400 g/mol. The van der Waals surface area contributed by atoms with Crippen molar-refractivity contribution in [1.29, 1.82) is 0 Å². The van der Waals surface area contributed by atoms with Crippen LogP contribution in [0, 0.1) is 5.92 Å². The summed E-state index contributed by atoms with van der Waals surface area (Å²) in [5.74, 6) is -0.784. The molecule has 0 bridgehead atoms. The number of hydrogen-bond acceptors (Lipinski definition) is 3. The zero-order valence-corrected chi connectivity index (χ0v) is 14.5. The van der Waals surface area contributed by atoms with Crippen molar-refractivity contribution in [3.63, 3.8) is 0 Å². The molecule has 1 aliphatic rings. The number of hydrogen-bond donors (Lipinski definition) is 0. The maximum Gasteiger partial charge on any atom is 0.182 e. The van der Waals surface area contributed by atoms with E-state index in [0.29, 0.717) is 5.02 Å². The van der Waals surface area contributed by atoms with Crippen molar-refractivity contribution in [3.05, 3.63) is 63.6 Å². The van der Waals surface area contributed by atoms with Gasteiger partial charge in [0.1, 0.15) is 6.29 Å². The van der Waals surface area contributed by atoms with Gasteiger partial charge in [0.05, 0.1) is 10.1 Å². The van der Waals surface area contributed by atoms with Crippen molar-refractivity contribution < 1.29 is 13.2 Å². The number of carbonyl (C=O) groups excluding carboxylic acids is 1. The number of aldehydes is 1. The molecule has 1 saturated carbocycles. The molecule has 3 rings (SSSR count). The summed E-state index contributed by atoms with van der Waals surface area (Å²) in [7, 11) is -3.55. The molecule has 0 saturated heterocycles. The second kappa shape index (κ2) is 5.80. The Kier molecular flexibility index (Phi) is 4.14. The molecule has 0 radical (unpaired) electrons. The molecule has 0 heterocycles. The van der Waals surface area contributed by atoms with Crippen molar-refractivity contribution in [2.24, 2.45) is 5.92 Å². The fourth-order valence-corrected chi connectivity index (χ4v) is 5.25. The van der Waals surface area contributed by atoms with E-state index in [2.05, 4.69) is 15.9 Å². The molecule has 0 amide bonds. The molecule has 3 atom stereocenters. The molecule has 114 valence electrons. The zero-order chi connectivity index (χ0) is 15.9. The van der Waals surface area contributed by atoms with Crippen LogP contribution >= 0.6 is 27.5 Å². The Bertz CT molecular complexity index is 800. The van der Waals surface area contributed by atoms with Crippen LogP contribution in [-0.2, 0) is 14.6 Å². The highest BCUT2D eigenvalue weighted by molar-refractivity contribution is 9.10. The number of carbonyl (C=O) groups is 1. The van der Waals surface area contributed by atoms with E-state index in [1.54, 1.807) is 12.1 Å². The molecule has 2 aromatic rings. The second-order valence-electron chi connectivity index (χ2n) is 5.25. The SMILES string of the molecule is O=C[C@H]1[C@H](c2ccc(Br)cc2)[C@@H]1S(=O)(=O)c1ccc(Cl)cc1. The lowest BCUT2D eigenvalue weighted by atomic mass is 10.1. The van der Waals surface area contributed by atoms with E-state index in [0.717, 1.165) is 16.3 Å². The molecular formula is C16H12BrClO3S. The van der Waals surface area contributed by atoms with Crippen molar-refractivity contribution >= 4 is 43.7 Å². The Labute approximate surface area is 142 Å². The van der Waals surface area contributed by atoms with Gasteiger partial charge < -0.3 is 4.79 Å². The Morgan fingerprint density at radius 1 is 1.00 bits per heavy atom. The average Bonchev–Trinajstić information content (AvgIpc) is 3.24. The quantitative estimate of drug-likeness (QED) is 0.734. The van der Waals surface area contributed by atoms with Crippen LogP contribution in [0.4, 0.5) is 0 Å². The van der Waals surface area contributed by atoms with Gasteiger partial charge in [0.2, 0.25) is 0 Å². The predicted molar refractivity (Wildman–Crippen MR) is 88.9 cm³/mol. The van der Waals surface area contributed by atoms with Gasteiger partial charge in [-0.2, -0.15) is 0 Å². The fourth-order valence-electron chi connectivity index (χ4n) is 2.75. The smallest absolute Gasteiger partial charge is 0.182 e. The number of sulfone groups is 1. The van der Waals surface area contributed by atoms with Crippen LogP contribution in [-0.4, -0.2) is 20.0 Å². The summed E-state index contributed by atoms with van der Waals surface area (Å²) in [6.45, 7) is 0. The van der Waals surface area contributed by atoms with Gasteiger partial charge in [-0.05, 0) is 42.0 Å². The highest BCUT2D eigenvalue weighted by atomic mass is 79.9. The van der Waals surface area contributed by atoms with Gasteiger partial charge in [0.25, 0.3) is 0 Å². The normalized spacial score (nSPS) is 24.0. The minimum absolute atomic E-state index is 0.202. The summed E-state index contributed by atoms with van der Waals surface area (Å²) in [6, 6.07) is 13.4. The predicted octanol–water partition coefficient (Wildman–Crippen LogP) is 3.86. The molecule has 1 fully saturated rings. The van der Waals surface area contributed by atoms with Crippen LogP contribution in [0.3, 0.4) is 0 Å². The van der Waals surface area contributed by atoms with Crippen LogP contribution < -0.4 is 0 Å². The van der Waals surface area contributed by atoms with Crippen molar-refractivity contribution in [2.75, 3.05) is 0 Å². The van der Waals surface area contributed by atoms with Crippen molar-refractivity contribution in [3.8, 4) is 0 Å². The van der Waals surface area contributed by atoms with Gasteiger partial charge >= 0.3 is 0 Å². The first-order valence-electron chi connectivity index (χ1n) is 6.65. The maximum absolute atomic E-state index is 12.7. The summed E-state index contributed by atoms with van der Waals surface area (Å²) >= 11 is 9.14. The molecule has 1 aliphatic carbocycles. The first-order valence-corrected chi connectivity index (χ1v) is 9.37. The Balaban J connectivity index is 1.95. The van der Waals surface area contributed by atoms with E-state index in [1.807, 2.05) is 24.3 Å². The minimum atomic E-state index is -3.55. The monoisotopic (exact) mass is 398 g/mol. The van der Waals surface area contributed by atoms with E-state index < -0.39 is 21.0 Å². The van der Waals surface area contributed by atoms with E-state index in [4.69, 9.17) is 11.6 Å². The Hall–Kier alpha value is -1.17. The molecule has 0 N–H and O–H groups in total. The molecule has 0 unspecified atom stereocenters. The van der Waals surface area contributed by atoms with Crippen molar-refractivity contribution in [2.45, 2.75) is 16.1 Å².